The van der Waals surface area contributed by atoms with Gasteiger partial charge in [0.1, 0.15) is 0 Å². The molecule has 1 aromatic heterocycles. The summed E-state index contributed by atoms with van der Waals surface area (Å²) in [5.41, 5.74) is -0.878. The molecular formula is C13H18N2O3. The first-order chi connectivity index (χ1) is 8.44. The van der Waals surface area contributed by atoms with E-state index in [1.165, 1.54) is 24.9 Å². The van der Waals surface area contributed by atoms with E-state index in [0.717, 1.165) is 0 Å². The lowest BCUT2D eigenvalue weighted by atomic mass is 9.91. The van der Waals surface area contributed by atoms with Gasteiger partial charge in [0.05, 0.1) is 0 Å². The van der Waals surface area contributed by atoms with E-state index in [4.69, 9.17) is 0 Å². The molecule has 5 nitrogen and oxygen atoms in total. The van der Waals surface area contributed by atoms with E-state index in [0.29, 0.717) is 18.5 Å². The molecule has 0 fully saturated rings. The maximum atomic E-state index is 11.7. The molecular weight excluding hydrogens is 232 g/mol. The number of aromatic nitrogens is 1. The Kier molecular flexibility index (Phi) is 4.42. The van der Waals surface area contributed by atoms with Crippen LogP contribution >= 0.6 is 0 Å². The smallest absolute Gasteiger partial charge is 0.334 e. The summed E-state index contributed by atoms with van der Waals surface area (Å²) in [4.78, 5) is 28.6. The zero-order chi connectivity index (χ0) is 13.8. The Balaban J connectivity index is 3.30. The van der Waals surface area contributed by atoms with Gasteiger partial charge in [0.25, 0.3) is 0 Å². The number of hydrogen-bond acceptors (Lipinski definition) is 3. The Labute approximate surface area is 106 Å². The van der Waals surface area contributed by atoms with Crippen LogP contribution in [0.4, 0.5) is 0 Å². The Hall–Kier alpha value is -1.91. The van der Waals surface area contributed by atoms with Crippen molar-refractivity contribution in [3.05, 3.63) is 30.1 Å². The molecule has 0 aromatic carbocycles. The molecule has 98 valence electrons. The molecule has 0 spiro atoms. The lowest BCUT2D eigenvalue weighted by molar-refractivity contribution is -0.158. The fourth-order valence-corrected chi connectivity index (χ4v) is 1.97. The molecule has 1 amide bonds. The largest absolute Gasteiger partial charge is 0.479 e. The van der Waals surface area contributed by atoms with Gasteiger partial charge in [-0.05, 0) is 19.4 Å². The van der Waals surface area contributed by atoms with Gasteiger partial charge >= 0.3 is 5.97 Å². The van der Waals surface area contributed by atoms with E-state index >= 15 is 0 Å². The third kappa shape index (κ3) is 2.50. The van der Waals surface area contributed by atoms with Crippen molar-refractivity contribution < 1.29 is 14.7 Å². The van der Waals surface area contributed by atoms with Gasteiger partial charge in [-0.3, -0.25) is 9.78 Å². The third-order valence-electron chi connectivity index (χ3n) is 3.01. The van der Waals surface area contributed by atoms with Crippen LogP contribution in [0.3, 0.4) is 0 Å². The molecule has 1 rings (SSSR count). The van der Waals surface area contributed by atoms with Gasteiger partial charge in [0, 0.05) is 31.4 Å². The summed E-state index contributed by atoms with van der Waals surface area (Å²) < 4.78 is 0. The number of carboxylic acids is 1. The first-order valence-electron chi connectivity index (χ1n) is 5.86. The first-order valence-corrected chi connectivity index (χ1v) is 5.86. The minimum atomic E-state index is -1.38. The summed E-state index contributed by atoms with van der Waals surface area (Å²) >= 11 is 0. The normalized spacial score (nSPS) is 13.7. The molecule has 1 atom stereocenters. The summed E-state index contributed by atoms with van der Waals surface area (Å²) in [6.07, 6.45) is 3.76. The molecule has 5 heteroatoms. The number of carboxylic acid groups (broad SMARTS) is 1. The van der Waals surface area contributed by atoms with Gasteiger partial charge in [-0.25, -0.2) is 4.79 Å². The van der Waals surface area contributed by atoms with Crippen LogP contribution in [0.15, 0.2) is 24.5 Å². The van der Waals surface area contributed by atoms with Crippen LogP contribution in [0.25, 0.3) is 0 Å². The van der Waals surface area contributed by atoms with Crippen molar-refractivity contribution in [3.63, 3.8) is 0 Å². The Morgan fingerprint density at radius 3 is 2.56 bits per heavy atom. The molecule has 1 aromatic rings. The van der Waals surface area contributed by atoms with E-state index in [1.54, 1.807) is 18.3 Å². The monoisotopic (exact) mass is 250 g/mol. The number of amides is 1. The number of pyridine rings is 1. The Morgan fingerprint density at radius 2 is 2.17 bits per heavy atom. The molecule has 0 radical (unpaired) electrons. The molecule has 0 aliphatic carbocycles. The second kappa shape index (κ2) is 5.62. The summed E-state index contributed by atoms with van der Waals surface area (Å²) in [6, 6.07) is 3.34. The predicted octanol–water partition coefficient (Wildman–Crippen LogP) is 1.64. The predicted molar refractivity (Wildman–Crippen MR) is 66.9 cm³/mol. The molecule has 18 heavy (non-hydrogen) atoms. The van der Waals surface area contributed by atoms with E-state index in [-0.39, 0.29) is 5.91 Å². The maximum Gasteiger partial charge on any atom is 0.334 e. The van der Waals surface area contributed by atoms with E-state index in [1.807, 2.05) is 6.92 Å². The first kappa shape index (κ1) is 14.2. The Bertz CT molecular complexity index is 433. The quantitative estimate of drug-likeness (QED) is 0.862. The summed E-state index contributed by atoms with van der Waals surface area (Å²) in [6.45, 7) is 5.21. The van der Waals surface area contributed by atoms with Crippen molar-refractivity contribution in [2.24, 2.45) is 0 Å². The number of hydrogen-bond donors (Lipinski definition) is 1. The molecule has 0 aliphatic rings. The molecule has 0 saturated carbocycles. The lowest BCUT2D eigenvalue weighted by Crippen LogP contribution is -2.52. The topological polar surface area (TPSA) is 70.5 Å². The summed E-state index contributed by atoms with van der Waals surface area (Å²) in [5.74, 6) is -1.32. The van der Waals surface area contributed by atoms with Gasteiger partial charge in [0.15, 0.2) is 5.54 Å². The van der Waals surface area contributed by atoms with E-state index in [9.17, 15) is 14.7 Å². The molecule has 0 saturated heterocycles. The van der Waals surface area contributed by atoms with Crippen LogP contribution in [0.2, 0.25) is 0 Å². The van der Waals surface area contributed by atoms with Crippen LogP contribution in [0.1, 0.15) is 32.8 Å². The van der Waals surface area contributed by atoms with Crippen LogP contribution in [0, 0.1) is 0 Å². The second-order valence-corrected chi connectivity index (χ2v) is 4.29. The third-order valence-corrected chi connectivity index (χ3v) is 3.01. The highest BCUT2D eigenvalue weighted by Crippen LogP contribution is 2.28. The number of carbonyl (C=O) groups excluding carboxylic acids is 1. The van der Waals surface area contributed by atoms with Crippen molar-refractivity contribution >= 4 is 11.9 Å². The van der Waals surface area contributed by atoms with Crippen LogP contribution < -0.4 is 0 Å². The summed E-state index contributed by atoms with van der Waals surface area (Å²) in [7, 11) is 0. The van der Waals surface area contributed by atoms with Gasteiger partial charge in [0.2, 0.25) is 5.91 Å². The standard InChI is InChI=1S/C13H18N2O3/c1-4-8-15(10(2)16)13(3,12(17)18)11-6-5-7-14-9-11/h5-7,9H,4,8H2,1-3H3,(H,17,18). The van der Waals surface area contributed by atoms with Crippen LogP contribution in [-0.2, 0) is 15.1 Å². The molecule has 1 unspecified atom stereocenters. The maximum absolute atomic E-state index is 11.7. The van der Waals surface area contributed by atoms with Crippen LogP contribution in [0.5, 0.6) is 0 Å². The Morgan fingerprint density at radius 1 is 1.50 bits per heavy atom. The number of rotatable bonds is 5. The lowest BCUT2D eigenvalue weighted by Gasteiger charge is -2.37. The zero-order valence-electron chi connectivity index (χ0n) is 10.9. The van der Waals surface area contributed by atoms with E-state index < -0.39 is 11.5 Å². The van der Waals surface area contributed by atoms with Crippen molar-refractivity contribution in [1.29, 1.82) is 0 Å². The van der Waals surface area contributed by atoms with Crippen molar-refractivity contribution in [2.75, 3.05) is 6.54 Å². The minimum Gasteiger partial charge on any atom is -0.479 e. The van der Waals surface area contributed by atoms with E-state index in [2.05, 4.69) is 4.98 Å². The van der Waals surface area contributed by atoms with Gasteiger partial charge in [-0.15, -0.1) is 0 Å². The van der Waals surface area contributed by atoms with Crippen LogP contribution in [-0.4, -0.2) is 33.4 Å². The fraction of sp³-hybridized carbons (Fsp3) is 0.462. The number of carbonyl (C=O) groups is 2. The average Bonchev–Trinajstić information content (AvgIpc) is 2.35. The van der Waals surface area contributed by atoms with Gasteiger partial charge in [-0.1, -0.05) is 13.0 Å². The van der Waals surface area contributed by atoms with Gasteiger partial charge < -0.3 is 10.0 Å². The molecule has 0 bridgehead atoms. The highest BCUT2D eigenvalue weighted by atomic mass is 16.4. The van der Waals surface area contributed by atoms with Crippen molar-refractivity contribution in [1.82, 2.24) is 9.88 Å². The average molecular weight is 250 g/mol. The molecule has 0 aliphatic heterocycles. The number of aliphatic carboxylic acids is 1. The van der Waals surface area contributed by atoms with Gasteiger partial charge in [-0.2, -0.15) is 0 Å². The molecule has 1 N–H and O–H groups in total. The number of nitrogens with zero attached hydrogens (tertiary/aromatic N) is 2. The highest BCUT2D eigenvalue weighted by molar-refractivity contribution is 5.86. The summed E-state index contributed by atoms with van der Waals surface area (Å²) in [5, 5.41) is 9.51. The van der Waals surface area contributed by atoms with Crippen molar-refractivity contribution in [3.8, 4) is 0 Å². The SMILES string of the molecule is CCCN(C(C)=O)C(C)(C(=O)O)c1cccnc1. The second-order valence-electron chi connectivity index (χ2n) is 4.29. The molecule has 1 heterocycles. The zero-order valence-corrected chi connectivity index (χ0v) is 10.9. The fourth-order valence-electron chi connectivity index (χ4n) is 1.97. The minimum absolute atomic E-state index is 0.259. The highest BCUT2D eigenvalue weighted by Gasteiger charge is 2.42. The van der Waals surface area contributed by atoms with Crippen molar-refractivity contribution in [2.45, 2.75) is 32.7 Å².